The summed E-state index contributed by atoms with van der Waals surface area (Å²) in [7, 11) is 0. The number of amides is 2. The molecule has 0 spiro atoms. The van der Waals surface area contributed by atoms with Gasteiger partial charge in [0.15, 0.2) is 0 Å². The second-order valence-corrected chi connectivity index (χ2v) is 5.86. The first-order valence-corrected chi connectivity index (χ1v) is 7.62. The predicted octanol–water partition coefficient (Wildman–Crippen LogP) is 2.57. The largest absolute Gasteiger partial charge is 0.340 e. The Balaban J connectivity index is 2.31. The van der Waals surface area contributed by atoms with Crippen LogP contribution in [0.5, 0.6) is 0 Å². The first-order chi connectivity index (χ1) is 9.93. The molecular formula is C17H24N2O2. The number of hydrogen-bond acceptors (Lipinski definition) is 2. The van der Waals surface area contributed by atoms with Crippen LogP contribution in [0.2, 0.25) is 0 Å². The fourth-order valence-electron chi connectivity index (χ4n) is 2.93. The van der Waals surface area contributed by atoms with Crippen molar-refractivity contribution in [1.82, 2.24) is 10.2 Å². The summed E-state index contributed by atoms with van der Waals surface area (Å²) in [6.45, 7) is 8.05. The summed E-state index contributed by atoms with van der Waals surface area (Å²) in [5.74, 6) is -0.0440. The number of aryl methyl sites for hydroxylation is 1. The third kappa shape index (κ3) is 2.80. The van der Waals surface area contributed by atoms with Crippen molar-refractivity contribution in [3.63, 3.8) is 0 Å². The summed E-state index contributed by atoms with van der Waals surface area (Å²) in [4.78, 5) is 26.6. The lowest BCUT2D eigenvalue weighted by atomic mass is 9.87. The molecule has 0 saturated carbocycles. The fraction of sp³-hybridized carbons (Fsp3) is 0.529. The van der Waals surface area contributed by atoms with Gasteiger partial charge in [0.1, 0.15) is 12.1 Å². The smallest absolute Gasteiger partial charge is 0.249 e. The molecule has 4 heteroatoms. The molecule has 1 heterocycles. The maximum Gasteiger partial charge on any atom is 0.249 e. The molecule has 1 aliphatic rings. The number of rotatable bonds is 4. The Labute approximate surface area is 126 Å². The summed E-state index contributed by atoms with van der Waals surface area (Å²) in [5.41, 5.74) is 1.50. The number of carbonyl (C=O) groups is 2. The van der Waals surface area contributed by atoms with E-state index in [9.17, 15) is 9.59 Å². The van der Waals surface area contributed by atoms with Crippen LogP contribution < -0.4 is 5.32 Å². The van der Waals surface area contributed by atoms with E-state index in [0.717, 1.165) is 5.56 Å². The number of benzene rings is 1. The molecule has 0 radical (unpaired) electrons. The van der Waals surface area contributed by atoms with Crippen LogP contribution >= 0.6 is 0 Å². The summed E-state index contributed by atoms with van der Waals surface area (Å²) < 4.78 is 0. The normalized spacial score (nSPS) is 19.3. The van der Waals surface area contributed by atoms with Gasteiger partial charge in [-0.05, 0) is 32.3 Å². The van der Waals surface area contributed by atoms with Crippen LogP contribution in [0.1, 0.15) is 50.8 Å². The summed E-state index contributed by atoms with van der Waals surface area (Å²) >= 11 is 0. The molecule has 1 unspecified atom stereocenters. The summed E-state index contributed by atoms with van der Waals surface area (Å²) in [5, 5.41) is 2.89. The van der Waals surface area contributed by atoms with E-state index >= 15 is 0 Å². The summed E-state index contributed by atoms with van der Waals surface area (Å²) in [6.07, 6.45) is 1.23. The Kier molecular flexibility index (Phi) is 4.35. The minimum absolute atomic E-state index is 0.0279. The van der Waals surface area contributed by atoms with Crippen molar-refractivity contribution in [2.45, 2.75) is 52.1 Å². The Bertz CT molecular complexity index is 532. The van der Waals surface area contributed by atoms with E-state index < -0.39 is 5.54 Å². The molecule has 1 N–H and O–H groups in total. The maximum atomic E-state index is 12.8. The molecule has 0 bridgehead atoms. The number of nitrogens with one attached hydrogen (secondary N) is 1. The van der Waals surface area contributed by atoms with Gasteiger partial charge in [-0.3, -0.25) is 9.59 Å². The zero-order valence-corrected chi connectivity index (χ0v) is 13.3. The molecule has 114 valence electrons. The highest BCUT2D eigenvalue weighted by Gasteiger charge is 2.45. The monoisotopic (exact) mass is 288 g/mol. The van der Waals surface area contributed by atoms with E-state index in [-0.39, 0.29) is 24.4 Å². The van der Waals surface area contributed by atoms with E-state index in [2.05, 4.69) is 5.32 Å². The SMILES string of the molecule is CCC1(CC)NC(=O)CN(C(C)c2ccc(C)cc2)C1=O. The molecule has 1 atom stereocenters. The third-order valence-electron chi connectivity index (χ3n) is 4.60. The standard InChI is InChI=1S/C17H24N2O2/c1-5-17(6-2)16(21)19(11-15(20)18-17)13(4)14-9-7-12(3)8-10-14/h7-10,13H,5-6,11H2,1-4H3,(H,18,20). The first-order valence-electron chi connectivity index (χ1n) is 7.62. The maximum absolute atomic E-state index is 12.8. The second kappa shape index (κ2) is 5.88. The average molecular weight is 288 g/mol. The van der Waals surface area contributed by atoms with Crippen LogP contribution in [0, 0.1) is 6.92 Å². The lowest BCUT2D eigenvalue weighted by Gasteiger charge is -2.43. The second-order valence-electron chi connectivity index (χ2n) is 5.86. The zero-order chi connectivity index (χ0) is 15.6. The Hall–Kier alpha value is -1.84. The van der Waals surface area contributed by atoms with Gasteiger partial charge in [-0.25, -0.2) is 0 Å². The topological polar surface area (TPSA) is 49.4 Å². The van der Waals surface area contributed by atoms with Crippen LogP contribution in [-0.4, -0.2) is 28.8 Å². The van der Waals surface area contributed by atoms with Crippen molar-refractivity contribution < 1.29 is 9.59 Å². The van der Waals surface area contributed by atoms with Crippen LogP contribution in [0.25, 0.3) is 0 Å². The van der Waals surface area contributed by atoms with Gasteiger partial charge in [0.2, 0.25) is 11.8 Å². The Morgan fingerprint density at radius 2 is 1.76 bits per heavy atom. The molecule has 4 nitrogen and oxygen atoms in total. The van der Waals surface area contributed by atoms with E-state index in [1.807, 2.05) is 52.0 Å². The Morgan fingerprint density at radius 3 is 2.29 bits per heavy atom. The average Bonchev–Trinajstić information content (AvgIpc) is 2.49. The highest BCUT2D eigenvalue weighted by Crippen LogP contribution is 2.29. The van der Waals surface area contributed by atoms with E-state index in [0.29, 0.717) is 12.8 Å². The molecule has 0 aromatic heterocycles. The van der Waals surface area contributed by atoms with Crippen molar-refractivity contribution in [3.8, 4) is 0 Å². The van der Waals surface area contributed by atoms with Crippen LogP contribution in [0.3, 0.4) is 0 Å². The van der Waals surface area contributed by atoms with Crippen molar-refractivity contribution in [3.05, 3.63) is 35.4 Å². The molecule has 1 aromatic carbocycles. The Morgan fingerprint density at radius 1 is 1.19 bits per heavy atom. The lowest BCUT2D eigenvalue weighted by Crippen LogP contribution is -2.66. The number of hydrogen-bond donors (Lipinski definition) is 1. The van der Waals surface area contributed by atoms with E-state index in [4.69, 9.17) is 0 Å². The van der Waals surface area contributed by atoms with Gasteiger partial charge in [-0.15, -0.1) is 0 Å². The first kappa shape index (κ1) is 15.5. The van der Waals surface area contributed by atoms with Gasteiger partial charge in [-0.2, -0.15) is 0 Å². The van der Waals surface area contributed by atoms with Crippen molar-refractivity contribution in [2.24, 2.45) is 0 Å². The molecule has 1 fully saturated rings. The molecule has 0 aliphatic carbocycles. The highest BCUT2D eigenvalue weighted by atomic mass is 16.2. The molecular weight excluding hydrogens is 264 g/mol. The van der Waals surface area contributed by atoms with Gasteiger partial charge in [0.25, 0.3) is 0 Å². The number of carbonyl (C=O) groups excluding carboxylic acids is 2. The summed E-state index contributed by atoms with van der Waals surface area (Å²) in [6, 6.07) is 8.03. The predicted molar refractivity (Wildman–Crippen MR) is 82.8 cm³/mol. The van der Waals surface area contributed by atoms with Crippen LogP contribution in [0.15, 0.2) is 24.3 Å². The minimum Gasteiger partial charge on any atom is -0.340 e. The van der Waals surface area contributed by atoms with Crippen molar-refractivity contribution in [1.29, 1.82) is 0 Å². The molecule has 1 aromatic rings. The van der Waals surface area contributed by atoms with Crippen LogP contribution in [0.4, 0.5) is 0 Å². The van der Waals surface area contributed by atoms with Crippen molar-refractivity contribution >= 4 is 11.8 Å². The van der Waals surface area contributed by atoms with E-state index in [1.54, 1.807) is 4.90 Å². The van der Waals surface area contributed by atoms with Gasteiger partial charge < -0.3 is 10.2 Å². The molecule has 1 saturated heterocycles. The lowest BCUT2D eigenvalue weighted by molar-refractivity contribution is -0.152. The fourth-order valence-corrected chi connectivity index (χ4v) is 2.93. The van der Waals surface area contributed by atoms with Gasteiger partial charge in [-0.1, -0.05) is 43.7 Å². The van der Waals surface area contributed by atoms with Crippen LogP contribution in [-0.2, 0) is 9.59 Å². The number of piperazine rings is 1. The minimum atomic E-state index is -0.742. The molecule has 2 amide bonds. The third-order valence-corrected chi connectivity index (χ3v) is 4.60. The highest BCUT2D eigenvalue weighted by molar-refractivity contribution is 5.98. The van der Waals surface area contributed by atoms with Gasteiger partial charge in [0.05, 0.1) is 6.04 Å². The number of nitrogens with zero attached hydrogens (tertiary/aromatic N) is 1. The molecule has 2 rings (SSSR count). The van der Waals surface area contributed by atoms with Gasteiger partial charge >= 0.3 is 0 Å². The van der Waals surface area contributed by atoms with Crippen molar-refractivity contribution in [2.75, 3.05) is 6.54 Å². The molecule has 1 aliphatic heterocycles. The van der Waals surface area contributed by atoms with Gasteiger partial charge in [0, 0.05) is 0 Å². The zero-order valence-electron chi connectivity index (χ0n) is 13.3. The quantitative estimate of drug-likeness (QED) is 0.925. The van der Waals surface area contributed by atoms with E-state index in [1.165, 1.54) is 5.56 Å². The molecule has 21 heavy (non-hydrogen) atoms.